The summed E-state index contributed by atoms with van der Waals surface area (Å²) in [6, 6.07) is 9.73. The summed E-state index contributed by atoms with van der Waals surface area (Å²) in [5.41, 5.74) is 1.94. The summed E-state index contributed by atoms with van der Waals surface area (Å²) in [5, 5.41) is 20.5. The van der Waals surface area contributed by atoms with Gasteiger partial charge in [0.25, 0.3) is 0 Å². The number of hydrogen-bond acceptors (Lipinski definition) is 3. The second kappa shape index (κ2) is 5.25. The molecule has 2 aromatic rings. The van der Waals surface area contributed by atoms with Crippen LogP contribution in [0.4, 0.5) is 0 Å². The topological polar surface area (TPSA) is 53.4 Å². The van der Waals surface area contributed by atoms with Crippen LogP contribution in [-0.2, 0) is 6.42 Å². The Bertz CT molecular complexity index is 493. The molecule has 17 heavy (non-hydrogen) atoms. The Morgan fingerprint density at radius 3 is 2.65 bits per heavy atom. The van der Waals surface area contributed by atoms with Crippen molar-refractivity contribution < 1.29 is 10.2 Å². The van der Waals surface area contributed by atoms with Gasteiger partial charge >= 0.3 is 0 Å². The number of pyridine rings is 1. The molecule has 0 amide bonds. The van der Waals surface area contributed by atoms with Crippen LogP contribution in [0.3, 0.4) is 0 Å². The number of aliphatic hydroxyl groups excluding tert-OH is 2. The number of aliphatic hydroxyl groups is 2. The van der Waals surface area contributed by atoms with Gasteiger partial charge in [-0.1, -0.05) is 25.1 Å². The Hall–Kier alpha value is -1.45. The van der Waals surface area contributed by atoms with Gasteiger partial charge in [-0.3, -0.25) is 4.98 Å². The Balaban J connectivity index is 2.30. The van der Waals surface area contributed by atoms with E-state index in [4.69, 9.17) is 0 Å². The van der Waals surface area contributed by atoms with Crippen LogP contribution in [0.2, 0.25) is 0 Å². The quantitative estimate of drug-likeness (QED) is 0.845. The van der Waals surface area contributed by atoms with E-state index in [0.29, 0.717) is 12.8 Å². The third-order valence-electron chi connectivity index (χ3n) is 3.03. The highest BCUT2D eigenvalue weighted by atomic mass is 16.3. The first kappa shape index (κ1) is 12.0. The second-order valence-electron chi connectivity index (χ2n) is 4.23. The van der Waals surface area contributed by atoms with Gasteiger partial charge in [-0.05, 0) is 24.1 Å². The third-order valence-corrected chi connectivity index (χ3v) is 3.03. The molecule has 1 aromatic heterocycles. The van der Waals surface area contributed by atoms with Crippen molar-refractivity contribution in [3.05, 3.63) is 42.1 Å². The summed E-state index contributed by atoms with van der Waals surface area (Å²) in [6.45, 7) is 1.86. The SMILES string of the molecule is CCC(O)C(O)Cc1ccnc2ccccc12. The first-order valence-electron chi connectivity index (χ1n) is 5.91. The van der Waals surface area contributed by atoms with E-state index in [2.05, 4.69) is 4.98 Å². The van der Waals surface area contributed by atoms with Crippen LogP contribution in [-0.4, -0.2) is 27.4 Å². The van der Waals surface area contributed by atoms with Crippen molar-refractivity contribution >= 4 is 10.9 Å². The van der Waals surface area contributed by atoms with Crippen molar-refractivity contribution in [1.29, 1.82) is 0 Å². The van der Waals surface area contributed by atoms with Crippen molar-refractivity contribution in [3.8, 4) is 0 Å². The van der Waals surface area contributed by atoms with Gasteiger partial charge in [0, 0.05) is 18.0 Å². The minimum Gasteiger partial charge on any atom is -0.390 e. The Kier molecular flexibility index (Phi) is 3.71. The maximum Gasteiger partial charge on any atom is 0.0839 e. The Morgan fingerprint density at radius 2 is 1.88 bits per heavy atom. The van der Waals surface area contributed by atoms with Gasteiger partial charge in [-0.25, -0.2) is 0 Å². The molecule has 0 aliphatic heterocycles. The molecule has 0 radical (unpaired) electrons. The van der Waals surface area contributed by atoms with E-state index < -0.39 is 12.2 Å². The van der Waals surface area contributed by atoms with E-state index in [0.717, 1.165) is 16.5 Å². The van der Waals surface area contributed by atoms with Gasteiger partial charge in [0.05, 0.1) is 17.7 Å². The predicted molar refractivity (Wildman–Crippen MR) is 67.8 cm³/mol. The molecule has 0 bridgehead atoms. The maximum atomic E-state index is 9.86. The number of nitrogens with zero attached hydrogens (tertiary/aromatic N) is 1. The molecule has 1 heterocycles. The summed E-state index contributed by atoms with van der Waals surface area (Å²) in [5.74, 6) is 0. The molecule has 0 saturated heterocycles. The average Bonchev–Trinajstić information content (AvgIpc) is 2.38. The van der Waals surface area contributed by atoms with Crippen LogP contribution in [0.15, 0.2) is 36.5 Å². The smallest absolute Gasteiger partial charge is 0.0839 e. The predicted octanol–water partition coefficient (Wildman–Crippen LogP) is 1.91. The molecule has 0 spiro atoms. The van der Waals surface area contributed by atoms with Gasteiger partial charge in [0.1, 0.15) is 0 Å². The first-order valence-corrected chi connectivity index (χ1v) is 5.91. The molecule has 0 fully saturated rings. The lowest BCUT2D eigenvalue weighted by atomic mass is 9.99. The molecular weight excluding hydrogens is 214 g/mol. The molecule has 3 heteroatoms. The lowest BCUT2D eigenvalue weighted by Crippen LogP contribution is -2.27. The van der Waals surface area contributed by atoms with Crippen LogP contribution in [0.5, 0.6) is 0 Å². The zero-order valence-electron chi connectivity index (χ0n) is 9.87. The lowest BCUT2D eigenvalue weighted by molar-refractivity contribution is 0.0183. The Morgan fingerprint density at radius 1 is 1.12 bits per heavy atom. The molecule has 0 aliphatic carbocycles. The zero-order chi connectivity index (χ0) is 12.3. The van der Waals surface area contributed by atoms with Gasteiger partial charge in [0.15, 0.2) is 0 Å². The third kappa shape index (κ3) is 2.62. The fourth-order valence-electron chi connectivity index (χ4n) is 1.97. The van der Waals surface area contributed by atoms with E-state index in [1.807, 2.05) is 37.3 Å². The highest BCUT2D eigenvalue weighted by Gasteiger charge is 2.15. The molecule has 2 unspecified atom stereocenters. The van der Waals surface area contributed by atoms with Gasteiger partial charge in [-0.2, -0.15) is 0 Å². The first-order chi connectivity index (χ1) is 8.22. The normalized spacial score (nSPS) is 14.8. The van der Waals surface area contributed by atoms with Crippen molar-refractivity contribution in [3.63, 3.8) is 0 Å². The number of aromatic nitrogens is 1. The molecule has 2 atom stereocenters. The van der Waals surface area contributed by atoms with Crippen LogP contribution >= 0.6 is 0 Å². The molecular formula is C14H17NO2. The summed E-state index contributed by atoms with van der Waals surface area (Å²) in [4.78, 5) is 4.27. The van der Waals surface area contributed by atoms with Crippen molar-refractivity contribution in [1.82, 2.24) is 4.98 Å². The molecule has 0 saturated carbocycles. The fourth-order valence-corrected chi connectivity index (χ4v) is 1.97. The second-order valence-corrected chi connectivity index (χ2v) is 4.23. The molecule has 2 rings (SSSR count). The lowest BCUT2D eigenvalue weighted by Gasteiger charge is -2.16. The number of para-hydroxylation sites is 1. The number of benzene rings is 1. The van der Waals surface area contributed by atoms with E-state index in [-0.39, 0.29) is 0 Å². The maximum absolute atomic E-state index is 9.86. The summed E-state index contributed by atoms with van der Waals surface area (Å²) >= 11 is 0. The van der Waals surface area contributed by atoms with E-state index in [1.54, 1.807) is 6.20 Å². The van der Waals surface area contributed by atoms with Crippen LogP contribution in [0.25, 0.3) is 10.9 Å². The zero-order valence-corrected chi connectivity index (χ0v) is 9.87. The highest BCUT2D eigenvalue weighted by molar-refractivity contribution is 5.81. The van der Waals surface area contributed by atoms with E-state index >= 15 is 0 Å². The van der Waals surface area contributed by atoms with Crippen molar-refractivity contribution in [2.75, 3.05) is 0 Å². The van der Waals surface area contributed by atoms with Gasteiger partial charge in [-0.15, -0.1) is 0 Å². The van der Waals surface area contributed by atoms with Gasteiger partial charge in [0.2, 0.25) is 0 Å². The largest absolute Gasteiger partial charge is 0.390 e. The molecule has 3 nitrogen and oxygen atoms in total. The van der Waals surface area contributed by atoms with Crippen molar-refractivity contribution in [2.45, 2.75) is 32.0 Å². The minimum absolute atomic E-state index is 0.456. The van der Waals surface area contributed by atoms with Crippen LogP contribution in [0, 0.1) is 0 Å². The number of hydrogen-bond donors (Lipinski definition) is 2. The number of fused-ring (bicyclic) bond motifs is 1. The van der Waals surface area contributed by atoms with Crippen LogP contribution in [0.1, 0.15) is 18.9 Å². The molecule has 0 aliphatic rings. The standard InChI is InChI=1S/C14H17NO2/c1-2-13(16)14(17)9-10-7-8-15-12-6-4-3-5-11(10)12/h3-8,13-14,16-17H,2,9H2,1H3. The summed E-state index contributed by atoms with van der Waals surface area (Å²) < 4.78 is 0. The fraction of sp³-hybridized carbons (Fsp3) is 0.357. The summed E-state index contributed by atoms with van der Waals surface area (Å²) in [6.07, 6.45) is 1.37. The minimum atomic E-state index is -0.717. The van der Waals surface area contributed by atoms with E-state index in [9.17, 15) is 10.2 Å². The molecule has 90 valence electrons. The number of rotatable bonds is 4. The average molecular weight is 231 g/mol. The van der Waals surface area contributed by atoms with E-state index in [1.165, 1.54) is 0 Å². The van der Waals surface area contributed by atoms with Crippen molar-refractivity contribution in [2.24, 2.45) is 0 Å². The van der Waals surface area contributed by atoms with Crippen LogP contribution < -0.4 is 0 Å². The monoisotopic (exact) mass is 231 g/mol. The summed E-state index contributed by atoms with van der Waals surface area (Å²) in [7, 11) is 0. The molecule has 1 aromatic carbocycles. The Labute approximate surface area is 101 Å². The van der Waals surface area contributed by atoms with Gasteiger partial charge < -0.3 is 10.2 Å². The highest BCUT2D eigenvalue weighted by Crippen LogP contribution is 2.18. The molecule has 2 N–H and O–H groups in total.